The van der Waals surface area contributed by atoms with Gasteiger partial charge in [0.2, 0.25) is 10.0 Å². The Balaban J connectivity index is 1.45. The van der Waals surface area contributed by atoms with Gasteiger partial charge >= 0.3 is 0 Å². The van der Waals surface area contributed by atoms with Crippen LogP contribution in [0.5, 0.6) is 0 Å². The maximum Gasteiger partial charge on any atom is 0.255 e. The summed E-state index contributed by atoms with van der Waals surface area (Å²) in [5.74, 6) is -0.0582. The average Bonchev–Trinajstić information content (AvgIpc) is 3.08. The molecule has 4 rings (SSSR count). The maximum absolute atomic E-state index is 12.5. The predicted molar refractivity (Wildman–Crippen MR) is 112 cm³/mol. The van der Waals surface area contributed by atoms with E-state index in [-0.39, 0.29) is 11.7 Å². The Morgan fingerprint density at radius 2 is 1.46 bits per heavy atom. The molecule has 0 saturated carbocycles. The average molecular weight is 392 g/mol. The van der Waals surface area contributed by atoms with Crippen LogP contribution in [0.1, 0.15) is 16.8 Å². The Bertz CT molecular complexity index is 1080. The molecule has 1 N–H and O–H groups in total. The van der Waals surface area contributed by atoms with E-state index in [9.17, 15) is 13.2 Å². The standard InChI is InChI=1S/C22H20N2O3S/c25-22(19-9-13-21(14-10-19)24-15-4-16-28(24,26)27)23-20-11-7-18(8-12-20)17-5-2-1-3-6-17/h1-3,5-14H,4,15-16H2,(H,23,25). The highest BCUT2D eigenvalue weighted by Gasteiger charge is 2.28. The molecule has 1 aliphatic rings. The number of amides is 1. The molecule has 1 saturated heterocycles. The van der Waals surface area contributed by atoms with E-state index in [0.717, 1.165) is 11.1 Å². The molecule has 0 aromatic heterocycles. The largest absolute Gasteiger partial charge is 0.322 e. The van der Waals surface area contributed by atoms with Gasteiger partial charge in [-0.15, -0.1) is 0 Å². The molecule has 1 aliphatic heterocycles. The summed E-state index contributed by atoms with van der Waals surface area (Å²) in [6.07, 6.45) is 0.629. The predicted octanol–water partition coefficient (Wildman–Crippen LogP) is 4.15. The summed E-state index contributed by atoms with van der Waals surface area (Å²) >= 11 is 0. The molecule has 0 bridgehead atoms. The van der Waals surface area contributed by atoms with E-state index >= 15 is 0 Å². The Labute approximate surface area is 164 Å². The number of anilines is 2. The molecule has 6 heteroatoms. The van der Waals surface area contributed by atoms with Gasteiger partial charge in [0.25, 0.3) is 5.91 Å². The van der Waals surface area contributed by atoms with Gasteiger partial charge in [0.05, 0.1) is 11.4 Å². The molecule has 3 aromatic rings. The molecule has 1 heterocycles. The quantitative estimate of drug-likeness (QED) is 0.725. The Morgan fingerprint density at radius 3 is 2.07 bits per heavy atom. The topological polar surface area (TPSA) is 66.5 Å². The van der Waals surface area contributed by atoms with Crippen LogP contribution in [0.25, 0.3) is 11.1 Å². The minimum atomic E-state index is -3.22. The van der Waals surface area contributed by atoms with Crippen molar-refractivity contribution in [2.75, 3.05) is 21.9 Å². The number of nitrogens with zero attached hydrogens (tertiary/aromatic N) is 1. The molecule has 0 aliphatic carbocycles. The summed E-state index contributed by atoms with van der Waals surface area (Å²) < 4.78 is 25.4. The van der Waals surface area contributed by atoms with Gasteiger partial charge in [-0.05, 0) is 53.9 Å². The van der Waals surface area contributed by atoms with Crippen molar-refractivity contribution >= 4 is 27.3 Å². The number of sulfonamides is 1. The maximum atomic E-state index is 12.5. The van der Waals surface area contributed by atoms with Crippen LogP contribution in [0.4, 0.5) is 11.4 Å². The highest BCUT2D eigenvalue weighted by atomic mass is 32.2. The molecule has 1 fully saturated rings. The highest BCUT2D eigenvalue weighted by molar-refractivity contribution is 7.93. The fraction of sp³-hybridized carbons (Fsp3) is 0.136. The first-order chi connectivity index (χ1) is 13.5. The summed E-state index contributed by atoms with van der Waals surface area (Å²) in [5, 5.41) is 2.87. The van der Waals surface area contributed by atoms with Crippen LogP contribution in [-0.2, 0) is 10.0 Å². The van der Waals surface area contributed by atoms with E-state index in [1.807, 2.05) is 54.6 Å². The van der Waals surface area contributed by atoms with Crippen molar-refractivity contribution in [3.05, 3.63) is 84.4 Å². The molecule has 0 radical (unpaired) electrons. The van der Waals surface area contributed by atoms with Crippen LogP contribution >= 0.6 is 0 Å². The van der Waals surface area contributed by atoms with Crippen molar-refractivity contribution in [2.45, 2.75) is 6.42 Å². The summed E-state index contributed by atoms with van der Waals surface area (Å²) in [5.41, 5.74) is 3.98. The molecule has 5 nitrogen and oxygen atoms in total. The normalized spacial score (nSPS) is 15.4. The molecule has 28 heavy (non-hydrogen) atoms. The van der Waals surface area contributed by atoms with Crippen molar-refractivity contribution in [3.63, 3.8) is 0 Å². The first kappa shape index (κ1) is 18.3. The van der Waals surface area contributed by atoms with Gasteiger partial charge in [0, 0.05) is 17.8 Å². The fourth-order valence-corrected chi connectivity index (χ4v) is 4.85. The minimum absolute atomic E-state index is 0.175. The number of hydrogen-bond acceptors (Lipinski definition) is 3. The monoisotopic (exact) mass is 392 g/mol. The van der Waals surface area contributed by atoms with Crippen molar-refractivity contribution in [3.8, 4) is 11.1 Å². The lowest BCUT2D eigenvalue weighted by Crippen LogP contribution is -2.25. The van der Waals surface area contributed by atoms with Crippen LogP contribution in [-0.4, -0.2) is 26.6 Å². The van der Waals surface area contributed by atoms with Crippen LogP contribution in [0.3, 0.4) is 0 Å². The molecule has 0 spiro atoms. The van der Waals surface area contributed by atoms with E-state index in [1.165, 1.54) is 4.31 Å². The van der Waals surface area contributed by atoms with Crippen molar-refractivity contribution in [1.82, 2.24) is 0 Å². The molecule has 3 aromatic carbocycles. The van der Waals surface area contributed by atoms with Crippen LogP contribution in [0, 0.1) is 0 Å². The summed E-state index contributed by atoms with van der Waals surface area (Å²) in [6.45, 7) is 0.488. The first-order valence-corrected chi connectivity index (χ1v) is 10.7. The molecule has 1 amide bonds. The van der Waals surface area contributed by atoms with Crippen molar-refractivity contribution in [2.24, 2.45) is 0 Å². The third kappa shape index (κ3) is 3.77. The third-order valence-electron chi connectivity index (χ3n) is 4.77. The molecule has 0 unspecified atom stereocenters. The number of benzene rings is 3. The third-order valence-corrected chi connectivity index (χ3v) is 6.64. The van der Waals surface area contributed by atoms with Gasteiger partial charge in [-0.2, -0.15) is 0 Å². The Hall–Kier alpha value is -3.12. The van der Waals surface area contributed by atoms with Gasteiger partial charge in [-0.25, -0.2) is 8.42 Å². The smallest absolute Gasteiger partial charge is 0.255 e. The van der Waals surface area contributed by atoms with E-state index in [2.05, 4.69) is 5.32 Å². The van der Waals surface area contributed by atoms with Gasteiger partial charge in [-0.3, -0.25) is 9.10 Å². The summed E-state index contributed by atoms with van der Waals surface area (Å²) in [6, 6.07) is 24.3. The molecule has 142 valence electrons. The SMILES string of the molecule is O=C(Nc1ccc(-c2ccccc2)cc1)c1ccc(N2CCCS2(=O)=O)cc1. The number of carbonyl (C=O) groups excluding carboxylic acids is 1. The zero-order chi connectivity index (χ0) is 19.6. The second kappa shape index (κ2) is 7.48. The van der Waals surface area contributed by atoms with Gasteiger partial charge < -0.3 is 5.32 Å². The first-order valence-electron chi connectivity index (χ1n) is 9.10. The second-order valence-corrected chi connectivity index (χ2v) is 8.70. The van der Waals surface area contributed by atoms with Crippen LogP contribution < -0.4 is 9.62 Å². The Kier molecular flexibility index (Phi) is 4.88. The van der Waals surface area contributed by atoms with Gasteiger partial charge in [0.1, 0.15) is 0 Å². The van der Waals surface area contributed by atoms with Crippen LogP contribution in [0.2, 0.25) is 0 Å². The van der Waals surface area contributed by atoms with Gasteiger partial charge in [-0.1, -0.05) is 42.5 Å². The van der Waals surface area contributed by atoms with E-state index < -0.39 is 10.0 Å². The highest BCUT2D eigenvalue weighted by Crippen LogP contribution is 2.25. The summed E-state index contributed by atoms with van der Waals surface area (Å²) in [4.78, 5) is 12.5. The number of rotatable bonds is 4. The van der Waals surface area contributed by atoms with Crippen LogP contribution in [0.15, 0.2) is 78.9 Å². The number of carbonyl (C=O) groups is 1. The van der Waals surface area contributed by atoms with Gasteiger partial charge in [0.15, 0.2) is 0 Å². The number of nitrogens with one attached hydrogen (secondary N) is 1. The molecular weight excluding hydrogens is 372 g/mol. The van der Waals surface area contributed by atoms with Crippen molar-refractivity contribution in [1.29, 1.82) is 0 Å². The van der Waals surface area contributed by atoms with E-state index in [1.54, 1.807) is 24.3 Å². The van der Waals surface area contributed by atoms with E-state index in [4.69, 9.17) is 0 Å². The lowest BCUT2D eigenvalue weighted by atomic mass is 10.1. The second-order valence-electron chi connectivity index (χ2n) is 6.69. The zero-order valence-electron chi connectivity index (χ0n) is 15.2. The molecule has 0 atom stereocenters. The Morgan fingerprint density at radius 1 is 0.821 bits per heavy atom. The summed E-state index contributed by atoms with van der Waals surface area (Å²) in [7, 11) is -3.22. The number of hydrogen-bond donors (Lipinski definition) is 1. The lowest BCUT2D eigenvalue weighted by Gasteiger charge is -2.17. The molecular formula is C22H20N2O3S. The fourth-order valence-electron chi connectivity index (χ4n) is 3.29. The van der Waals surface area contributed by atoms with Crippen molar-refractivity contribution < 1.29 is 13.2 Å². The zero-order valence-corrected chi connectivity index (χ0v) is 16.0. The minimum Gasteiger partial charge on any atom is -0.322 e. The lowest BCUT2D eigenvalue weighted by molar-refractivity contribution is 0.102. The van der Waals surface area contributed by atoms with E-state index in [0.29, 0.717) is 29.9 Å².